The van der Waals surface area contributed by atoms with Crippen LogP contribution in [0.1, 0.15) is 38.2 Å². The maximum absolute atomic E-state index is 11.7. The van der Waals surface area contributed by atoms with Gasteiger partial charge >= 0.3 is 11.8 Å². The summed E-state index contributed by atoms with van der Waals surface area (Å²) in [5, 5.41) is 16.0. The maximum Gasteiger partial charge on any atom is 0.329 e. The average molecular weight is 319 g/mol. The molecular formula is C16H21N3O4. The van der Waals surface area contributed by atoms with Crippen LogP contribution in [0.15, 0.2) is 23.3 Å². The molecule has 3 N–H and O–H groups in total. The Morgan fingerprint density at radius 2 is 2.09 bits per heavy atom. The number of hydrogen-bond acceptors (Lipinski definition) is 5. The molecule has 7 nitrogen and oxygen atoms in total. The molecule has 0 bridgehead atoms. The highest BCUT2D eigenvalue weighted by atomic mass is 16.5. The predicted octanol–water partition coefficient (Wildman–Crippen LogP) is 1.30. The average Bonchev–Trinajstić information content (AvgIpc) is 3.03. The van der Waals surface area contributed by atoms with Gasteiger partial charge in [0.2, 0.25) is 0 Å². The maximum atomic E-state index is 11.7. The summed E-state index contributed by atoms with van der Waals surface area (Å²) in [6.07, 6.45) is 5.36. The molecule has 1 aliphatic rings. The minimum absolute atomic E-state index is 0.0315. The van der Waals surface area contributed by atoms with Crippen LogP contribution in [-0.4, -0.2) is 35.8 Å². The van der Waals surface area contributed by atoms with Gasteiger partial charge in [0, 0.05) is 6.04 Å². The van der Waals surface area contributed by atoms with E-state index in [-0.39, 0.29) is 11.8 Å². The second-order valence-electron chi connectivity index (χ2n) is 5.31. The van der Waals surface area contributed by atoms with Crippen LogP contribution in [0.25, 0.3) is 0 Å². The summed E-state index contributed by atoms with van der Waals surface area (Å²) >= 11 is 0. The van der Waals surface area contributed by atoms with Crippen LogP contribution in [0.4, 0.5) is 0 Å². The summed E-state index contributed by atoms with van der Waals surface area (Å²) in [6.45, 7) is 2.23. The van der Waals surface area contributed by atoms with Gasteiger partial charge in [-0.05, 0) is 43.5 Å². The van der Waals surface area contributed by atoms with Gasteiger partial charge in [-0.25, -0.2) is 5.43 Å². The number of rotatable bonds is 5. The summed E-state index contributed by atoms with van der Waals surface area (Å²) < 4.78 is 5.25. The molecule has 2 amide bonds. The van der Waals surface area contributed by atoms with E-state index < -0.39 is 11.8 Å². The van der Waals surface area contributed by atoms with Crippen molar-refractivity contribution in [1.82, 2.24) is 10.7 Å². The van der Waals surface area contributed by atoms with Crippen LogP contribution in [-0.2, 0) is 9.59 Å². The molecule has 0 radical (unpaired) electrons. The topological polar surface area (TPSA) is 100 Å². The largest absolute Gasteiger partial charge is 0.504 e. The molecule has 124 valence electrons. The number of hydrazone groups is 1. The van der Waals surface area contributed by atoms with Crippen molar-refractivity contribution in [2.24, 2.45) is 5.10 Å². The van der Waals surface area contributed by atoms with Crippen LogP contribution >= 0.6 is 0 Å². The van der Waals surface area contributed by atoms with Crippen LogP contribution in [0.2, 0.25) is 0 Å². The molecular weight excluding hydrogens is 298 g/mol. The van der Waals surface area contributed by atoms with Gasteiger partial charge in [-0.3, -0.25) is 9.59 Å². The first kappa shape index (κ1) is 16.8. The Kier molecular flexibility index (Phi) is 5.96. The fourth-order valence-corrected chi connectivity index (χ4v) is 2.42. The molecule has 2 rings (SSSR count). The van der Waals surface area contributed by atoms with E-state index >= 15 is 0 Å². The standard InChI is InChI=1S/C16H21N3O4/c1-2-23-14-9-11(7-8-13(14)20)10-17-19-16(22)15(21)18-12-5-3-4-6-12/h7-10,12,20H,2-6H2,1H3,(H,18,21)(H,19,22). The van der Waals surface area contributed by atoms with Gasteiger partial charge in [0.15, 0.2) is 11.5 Å². The number of nitrogens with zero attached hydrogens (tertiary/aromatic N) is 1. The van der Waals surface area contributed by atoms with Crippen molar-refractivity contribution >= 4 is 18.0 Å². The molecule has 0 heterocycles. The summed E-state index contributed by atoms with van der Waals surface area (Å²) in [5.41, 5.74) is 2.81. The van der Waals surface area contributed by atoms with E-state index in [9.17, 15) is 14.7 Å². The fraction of sp³-hybridized carbons (Fsp3) is 0.438. The zero-order valence-corrected chi connectivity index (χ0v) is 13.0. The minimum Gasteiger partial charge on any atom is -0.504 e. The van der Waals surface area contributed by atoms with Gasteiger partial charge in [0.25, 0.3) is 0 Å². The lowest BCUT2D eigenvalue weighted by Gasteiger charge is -2.10. The Labute approximate surface area is 134 Å². The number of hydrogen-bond donors (Lipinski definition) is 3. The van der Waals surface area contributed by atoms with Crippen molar-refractivity contribution in [2.75, 3.05) is 6.61 Å². The number of benzene rings is 1. The van der Waals surface area contributed by atoms with E-state index in [1.165, 1.54) is 12.3 Å². The number of amides is 2. The number of carbonyl (C=O) groups excluding carboxylic acids is 2. The van der Waals surface area contributed by atoms with Gasteiger partial charge < -0.3 is 15.2 Å². The molecule has 0 saturated heterocycles. The lowest BCUT2D eigenvalue weighted by molar-refractivity contribution is -0.139. The van der Waals surface area contributed by atoms with Crippen LogP contribution in [0.3, 0.4) is 0 Å². The van der Waals surface area contributed by atoms with Gasteiger partial charge in [-0.1, -0.05) is 12.8 Å². The van der Waals surface area contributed by atoms with Crippen LogP contribution in [0.5, 0.6) is 11.5 Å². The Bertz CT molecular complexity index is 595. The summed E-state index contributed by atoms with van der Waals surface area (Å²) in [5.74, 6) is -1.10. The highest BCUT2D eigenvalue weighted by Gasteiger charge is 2.20. The molecule has 1 aromatic rings. The molecule has 0 aromatic heterocycles. The highest BCUT2D eigenvalue weighted by Crippen LogP contribution is 2.26. The van der Waals surface area contributed by atoms with Crippen LogP contribution < -0.4 is 15.5 Å². The predicted molar refractivity (Wildman–Crippen MR) is 85.4 cm³/mol. The third kappa shape index (κ3) is 4.98. The van der Waals surface area contributed by atoms with Crippen molar-refractivity contribution in [2.45, 2.75) is 38.6 Å². The van der Waals surface area contributed by atoms with Crippen molar-refractivity contribution in [3.63, 3.8) is 0 Å². The first-order chi connectivity index (χ1) is 11.1. The van der Waals surface area contributed by atoms with Gasteiger partial charge in [-0.2, -0.15) is 5.10 Å². The molecule has 0 spiro atoms. The first-order valence-electron chi connectivity index (χ1n) is 7.70. The molecule has 1 saturated carbocycles. The monoisotopic (exact) mass is 319 g/mol. The van der Waals surface area contributed by atoms with E-state index in [4.69, 9.17) is 4.74 Å². The zero-order valence-electron chi connectivity index (χ0n) is 13.0. The lowest BCUT2D eigenvalue weighted by Crippen LogP contribution is -2.42. The molecule has 7 heteroatoms. The van der Waals surface area contributed by atoms with E-state index in [1.54, 1.807) is 12.1 Å². The Morgan fingerprint density at radius 3 is 2.78 bits per heavy atom. The van der Waals surface area contributed by atoms with E-state index in [1.807, 2.05) is 6.92 Å². The van der Waals surface area contributed by atoms with E-state index in [0.29, 0.717) is 17.9 Å². The van der Waals surface area contributed by atoms with Crippen molar-refractivity contribution in [3.8, 4) is 11.5 Å². The van der Waals surface area contributed by atoms with Gasteiger partial charge in [0.05, 0.1) is 12.8 Å². The molecule has 23 heavy (non-hydrogen) atoms. The van der Waals surface area contributed by atoms with E-state index in [2.05, 4.69) is 15.8 Å². The number of phenolic OH excluding ortho intramolecular Hbond substituents is 1. The summed E-state index contributed by atoms with van der Waals surface area (Å²) in [4.78, 5) is 23.3. The Hall–Kier alpha value is -2.57. The third-order valence-electron chi connectivity index (χ3n) is 3.56. The quantitative estimate of drug-likeness (QED) is 0.433. The molecule has 1 fully saturated rings. The van der Waals surface area contributed by atoms with Crippen molar-refractivity contribution < 1.29 is 19.4 Å². The minimum atomic E-state index is -0.794. The van der Waals surface area contributed by atoms with E-state index in [0.717, 1.165) is 25.7 Å². The van der Waals surface area contributed by atoms with Crippen molar-refractivity contribution in [3.05, 3.63) is 23.8 Å². The molecule has 0 atom stereocenters. The number of carbonyl (C=O) groups is 2. The molecule has 0 aliphatic heterocycles. The fourth-order valence-electron chi connectivity index (χ4n) is 2.42. The zero-order chi connectivity index (χ0) is 16.7. The molecule has 0 unspecified atom stereocenters. The Morgan fingerprint density at radius 1 is 1.35 bits per heavy atom. The normalized spacial score (nSPS) is 14.8. The second-order valence-corrected chi connectivity index (χ2v) is 5.31. The smallest absolute Gasteiger partial charge is 0.329 e. The number of ether oxygens (including phenoxy) is 1. The summed E-state index contributed by atoms with van der Waals surface area (Å²) in [6, 6.07) is 4.77. The lowest BCUT2D eigenvalue weighted by atomic mass is 10.2. The van der Waals surface area contributed by atoms with Crippen LogP contribution in [0, 0.1) is 0 Å². The number of aromatic hydroxyl groups is 1. The molecule has 1 aromatic carbocycles. The first-order valence-corrected chi connectivity index (χ1v) is 7.70. The molecule has 1 aliphatic carbocycles. The summed E-state index contributed by atoms with van der Waals surface area (Å²) in [7, 11) is 0. The second kappa shape index (κ2) is 8.17. The third-order valence-corrected chi connectivity index (χ3v) is 3.56. The number of phenols is 1. The van der Waals surface area contributed by atoms with Gasteiger partial charge in [0.1, 0.15) is 0 Å². The number of nitrogens with one attached hydrogen (secondary N) is 2. The SMILES string of the molecule is CCOc1cc(C=NNC(=O)C(=O)NC2CCCC2)ccc1O. The van der Waals surface area contributed by atoms with Crippen molar-refractivity contribution in [1.29, 1.82) is 0 Å². The van der Waals surface area contributed by atoms with Gasteiger partial charge in [-0.15, -0.1) is 0 Å². The highest BCUT2D eigenvalue weighted by molar-refractivity contribution is 6.35. The Balaban J connectivity index is 1.86.